The lowest BCUT2D eigenvalue weighted by Gasteiger charge is -2.22. The summed E-state index contributed by atoms with van der Waals surface area (Å²) < 4.78 is 37.3. The molecular formula is C12H15FN2O5S. The second-order valence-corrected chi connectivity index (χ2v) is 6.70. The Morgan fingerprint density at radius 2 is 1.86 bits per heavy atom. The second kappa shape index (κ2) is 5.68. The number of hydrogen-bond donors (Lipinski definition) is 3. The van der Waals surface area contributed by atoms with Gasteiger partial charge in [0.15, 0.2) is 0 Å². The van der Waals surface area contributed by atoms with E-state index in [1.54, 1.807) is 4.72 Å². The quantitative estimate of drug-likeness (QED) is 0.740. The molecule has 1 rings (SSSR count). The lowest BCUT2D eigenvalue weighted by Crippen LogP contribution is -2.40. The van der Waals surface area contributed by atoms with Crippen molar-refractivity contribution < 1.29 is 27.5 Å². The molecule has 0 saturated heterocycles. The van der Waals surface area contributed by atoms with E-state index in [1.165, 1.54) is 19.9 Å². The minimum atomic E-state index is -3.80. The number of halogens is 1. The number of amides is 1. The molecule has 0 aliphatic carbocycles. The molecule has 0 radical (unpaired) electrons. The molecule has 1 aromatic rings. The molecule has 9 heteroatoms. The van der Waals surface area contributed by atoms with Crippen molar-refractivity contribution in [1.82, 2.24) is 4.72 Å². The maximum atomic E-state index is 13.8. The van der Waals surface area contributed by atoms with E-state index in [9.17, 15) is 22.4 Å². The largest absolute Gasteiger partial charge is 0.480 e. The highest BCUT2D eigenvalue weighted by Gasteiger charge is 2.27. The van der Waals surface area contributed by atoms with E-state index in [1.807, 2.05) is 0 Å². The fourth-order valence-corrected chi connectivity index (χ4v) is 1.86. The molecule has 0 unspecified atom stereocenters. The molecule has 0 aliphatic rings. The summed E-state index contributed by atoms with van der Waals surface area (Å²) in [5.74, 6) is -3.21. The molecule has 3 N–H and O–H groups in total. The van der Waals surface area contributed by atoms with Crippen molar-refractivity contribution in [2.45, 2.75) is 19.4 Å². The predicted molar refractivity (Wildman–Crippen MR) is 74.0 cm³/mol. The summed E-state index contributed by atoms with van der Waals surface area (Å²) in [4.78, 5) is 22.5. The van der Waals surface area contributed by atoms with Crippen molar-refractivity contribution in [3.63, 3.8) is 0 Å². The summed E-state index contributed by atoms with van der Waals surface area (Å²) in [7, 11) is -3.80. The van der Waals surface area contributed by atoms with Gasteiger partial charge in [-0.15, -0.1) is 0 Å². The van der Waals surface area contributed by atoms with Crippen LogP contribution in [-0.2, 0) is 14.8 Å². The Morgan fingerprint density at radius 1 is 1.29 bits per heavy atom. The van der Waals surface area contributed by atoms with E-state index in [0.29, 0.717) is 0 Å². The smallest absolute Gasteiger partial charge is 0.328 e. The van der Waals surface area contributed by atoms with Gasteiger partial charge in [0.2, 0.25) is 10.0 Å². The Balaban J connectivity index is 3.01. The molecule has 116 valence electrons. The maximum Gasteiger partial charge on any atom is 0.328 e. The molecule has 1 aromatic carbocycles. The summed E-state index contributed by atoms with van der Waals surface area (Å²) >= 11 is 0. The Hall–Kier alpha value is -2.16. The van der Waals surface area contributed by atoms with Gasteiger partial charge < -0.3 is 10.4 Å². The third kappa shape index (κ3) is 4.71. The molecule has 0 aromatic heterocycles. The monoisotopic (exact) mass is 318 g/mol. The predicted octanol–water partition coefficient (Wildman–Crippen LogP) is 0.790. The van der Waals surface area contributed by atoms with Crippen LogP contribution in [0, 0.1) is 5.82 Å². The van der Waals surface area contributed by atoms with Gasteiger partial charge >= 0.3 is 5.97 Å². The molecule has 0 bridgehead atoms. The van der Waals surface area contributed by atoms with Crippen molar-refractivity contribution in [3.05, 3.63) is 29.6 Å². The number of carbonyl (C=O) groups excluding carboxylic acids is 1. The molecular weight excluding hydrogens is 303 g/mol. The van der Waals surface area contributed by atoms with Crippen molar-refractivity contribution in [2.75, 3.05) is 11.6 Å². The summed E-state index contributed by atoms with van der Waals surface area (Å²) in [6, 6.07) is 3.27. The minimum absolute atomic E-state index is 0.149. The first-order valence-corrected chi connectivity index (χ1v) is 7.65. The van der Waals surface area contributed by atoms with E-state index in [-0.39, 0.29) is 5.69 Å². The van der Waals surface area contributed by atoms with E-state index in [2.05, 4.69) is 5.32 Å². The maximum absolute atomic E-state index is 13.8. The van der Waals surface area contributed by atoms with Crippen molar-refractivity contribution in [3.8, 4) is 0 Å². The fraction of sp³-hybridized carbons (Fsp3) is 0.333. The summed E-state index contributed by atoms with van der Waals surface area (Å²) in [5.41, 5.74) is -1.64. The average Bonchev–Trinajstić information content (AvgIpc) is 2.25. The van der Waals surface area contributed by atoms with Crippen LogP contribution in [0.3, 0.4) is 0 Å². The number of nitrogens with one attached hydrogen (secondary N) is 2. The van der Waals surface area contributed by atoms with Crippen LogP contribution in [0.5, 0.6) is 0 Å². The third-order valence-corrected chi connectivity index (χ3v) is 3.04. The highest BCUT2D eigenvalue weighted by molar-refractivity contribution is 7.89. The zero-order chi connectivity index (χ0) is 16.4. The van der Waals surface area contributed by atoms with E-state index in [4.69, 9.17) is 5.11 Å². The molecule has 0 saturated carbocycles. The van der Waals surface area contributed by atoms with Gasteiger partial charge in [0.1, 0.15) is 11.4 Å². The molecule has 0 spiro atoms. The number of carboxylic acid groups (broad SMARTS) is 1. The van der Waals surface area contributed by atoms with Crippen LogP contribution in [-0.4, -0.2) is 37.2 Å². The van der Waals surface area contributed by atoms with Gasteiger partial charge in [0.25, 0.3) is 5.91 Å². The molecule has 7 nitrogen and oxygen atoms in total. The van der Waals surface area contributed by atoms with Crippen LogP contribution in [0.25, 0.3) is 0 Å². The highest BCUT2D eigenvalue weighted by atomic mass is 32.2. The van der Waals surface area contributed by atoms with Gasteiger partial charge in [-0.2, -0.15) is 0 Å². The first kappa shape index (κ1) is 16.9. The first-order chi connectivity index (χ1) is 9.42. The van der Waals surface area contributed by atoms with Crippen LogP contribution >= 0.6 is 0 Å². The van der Waals surface area contributed by atoms with Crippen LogP contribution in [0.1, 0.15) is 24.2 Å². The van der Waals surface area contributed by atoms with Crippen LogP contribution in [0.2, 0.25) is 0 Å². The SMILES string of the molecule is CC(C)(Nc1ccc(C(=O)NS(C)(=O)=O)c(F)c1)C(=O)O. The summed E-state index contributed by atoms with van der Waals surface area (Å²) in [6.07, 6.45) is 0.772. The molecule has 0 heterocycles. The van der Waals surface area contributed by atoms with Gasteiger partial charge in [-0.25, -0.2) is 22.3 Å². The number of carbonyl (C=O) groups is 2. The fourth-order valence-electron chi connectivity index (χ4n) is 1.41. The lowest BCUT2D eigenvalue weighted by molar-refractivity contribution is -0.141. The van der Waals surface area contributed by atoms with Gasteiger partial charge in [-0.05, 0) is 32.0 Å². The number of sulfonamides is 1. The standard InChI is InChI=1S/C12H15FN2O5S/c1-12(2,11(17)18)14-7-4-5-8(9(13)6-7)10(16)15-21(3,19)20/h4-6,14H,1-3H3,(H,15,16)(H,17,18). The number of carboxylic acids is 1. The normalized spacial score (nSPS) is 11.8. The van der Waals surface area contributed by atoms with Crippen LogP contribution in [0.15, 0.2) is 18.2 Å². The molecule has 21 heavy (non-hydrogen) atoms. The Kier molecular flexibility index (Phi) is 4.57. The minimum Gasteiger partial charge on any atom is -0.480 e. The second-order valence-electron chi connectivity index (χ2n) is 4.95. The topological polar surface area (TPSA) is 113 Å². The summed E-state index contributed by atoms with van der Waals surface area (Å²) in [5, 5.41) is 11.5. The van der Waals surface area contributed by atoms with Crippen molar-refractivity contribution in [1.29, 1.82) is 0 Å². The van der Waals surface area contributed by atoms with E-state index < -0.39 is 38.8 Å². The van der Waals surface area contributed by atoms with Gasteiger partial charge in [0.05, 0.1) is 11.8 Å². The zero-order valence-electron chi connectivity index (χ0n) is 11.6. The third-order valence-electron chi connectivity index (χ3n) is 2.48. The molecule has 0 fully saturated rings. The molecule has 0 atom stereocenters. The van der Waals surface area contributed by atoms with E-state index >= 15 is 0 Å². The van der Waals surface area contributed by atoms with Gasteiger partial charge in [-0.3, -0.25) is 4.79 Å². The number of benzene rings is 1. The number of hydrogen-bond acceptors (Lipinski definition) is 5. The van der Waals surface area contributed by atoms with Gasteiger partial charge in [0, 0.05) is 5.69 Å². The molecule has 1 amide bonds. The first-order valence-electron chi connectivity index (χ1n) is 5.75. The lowest BCUT2D eigenvalue weighted by atomic mass is 10.1. The highest BCUT2D eigenvalue weighted by Crippen LogP contribution is 2.19. The number of aliphatic carboxylic acids is 1. The number of rotatable bonds is 5. The average molecular weight is 318 g/mol. The Morgan fingerprint density at radius 3 is 2.29 bits per heavy atom. The zero-order valence-corrected chi connectivity index (χ0v) is 12.4. The van der Waals surface area contributed by atoms with Crippen LogP contribution < -0.4 is 10.0 Å². The van der Waals surface area contributed by atoms with E-state index in [0.717, 1.165) is 18.4 Å². The van der Waals surface area contributed by atoms with Crippen LogP contribution in [0.4, 0.5) is 10.1 Å². The Bertz CT molecular complexity index is 685. The van der Waals surface area contributed by atoms with Crippen molar-refractivity contribution >= 4 is 27.6 Å². The molecule has 0 aliphatic heterocycles. The number of anilines is 1. The summed E-state index contributed by atoms with van der Waals surface area (Å²) in [6.45, 7) is 2.77. The van der Waals surface area contributed by atoms with Gasteiger partial charge in [-0.1, -0.05) is 0 Å². The Labute approximate surface area is 121 Å². The van der Waals surface area contributed by atoms with Crippen molar-refractivity contribution in [2.24, 2.45) is 0 Å².